The van der Waals surface area contributed by atoms with Gasteiger partial charge < -0.3 is 0 Å². The zero-order valence-corrected chi connectivity index (χ0v) is 11.8. The van der Waals surface area contributed by atoms with Crippen LogP contribution >= 0.6 is 24.4 Å². The van der Waals surface area contributed by atoms with Crippen LogP contribution in [0, 0.1) is 0 Å². The molecule has 0 N–H and O–H groups in total. The van der Waals surface area contributed by atoms with Crippen LogP contribution in [-0.2, 0) is 0 Å². The number of benzene rings is 2. The minimum atomic E-state index is 0.257. The molecule has 0 amide bonds. The summed E-state index contributed by atoms with van der Waals surface area (Å²) in [5, 5.41) is 4.26. The normalized spacial score (nSPS) is 8.21. The van der Waals surface area contributed by atoms with Gasteiger partial charge in [-0.2, -0.15) is 0 Å². The third kappa shape index (κ3) is 6.51. The molecule has 0 aromatic heterocycles. The summed E-state index contributed by atoms with van der Waals surface area (Å²) in [5.74, 6) is 0. The van der Waals surface area contributed by atoms with Crippen molar-refractivity contribution in [1.29, 1.82) is 0 Å². The first-order chi connectivity index (χ1) is 9.38. The van der Waals surface area contributed by atoms with E-state index >= 15 is 0 Å². The lowest BCUT2D eigenvalue weighted by atomic mass is 10.1. The fraction of sp³-hybridized carbons (Fsp3) is 0.0667. The highest BCUT2D eigenvalue weighted by Gasteiger charge is 1.91. The molecule has 0 radical (unpaired) electrons. The Kier molecular flexibility index (Phi) is 7.95. The number of nitrogens with zero attached hydrogens (tertiary/aromatic N) is 2. The summed E-state index contributed by atoms with van der Waals surface area (Å²) in [6.07, 6.45) is 0. The minimum absolute atomic E-state index is 0.257. The lowest BCUT2D eigenvalue weighted by Gasteiger charge is -1.98. The van der Waals surface area contributed by atoms with Crippen molar-refractivity contribution >= 4 is 34.8 Å². The maximum atomic E-state index is 4.23. The lowest BCUT2D eigenvalue weighted by molar-refractivity contribution is 1.09. The Hall–Kier alpha value is -1.96. The van der Waals surface area contributed by atoms with Gasteiger partial charge in [-0.25, -0.2) is 9.98 Å². The van der Waals surface area contributed by atoms with E-state index in [9.17, 15) is 0 Å². The van der Waals surface area contributed by atoms with E-state index in [1.165, 1.54) is 11.1 Å². The monoisotopic (exact) mass is 284 g/mol. The first-order valence-corrected chi connectivity index (χ1v) is 6.38. The summed E-state index contributed by atoms with van der Waals surface area (Å²) in [7, 11) is 0. The van der Waals surface area contributed by atoms with E-state index in [2.05, 4.69) is 93.3 Å². The van der Waals surface area contributed by atoms with Gasteiger partial charge in [0, 0.05) is 0 Å². The molecule has 19 heavy (non-hydrogen) atoms. The molecular weight excluding hydrogens is 272 g/mol. The van der Waals surface area contributed by atoms with Crippen LogP contribution in [0.1, 0.15) is 0 Å². The highest BCUT2D eigenvalue weighted by Crippen LogP contribution is 2.17. The summed E-state index contributed by atoms with van der Waals surface area (Å²) in [6, 6.07) is 20.8. The number of thiocarbonyl (C=S) groups is 2. The third-order valence-corrected chi connectivity index (χ3v) is 2.41. The predicted molar refractivity (Wildman–Crippen MR) is 86.8 cm³/mol. The highest BCUT2D eigenvalue weighted by atomic mass is 32.1. The van der Waals surface area contributed by atoms with Crippen molar-refractivity contribution in [2.24, 2.45) is 9.98 Å². The van der Waals surface area contributed by atoms with Crippen LogP contribution in [0.2, 0.25) is 0 Å². The topological polar surface area (TPSA) is 24.7 Å². The standard InChI is InChI=1S/C12H10.C3H2N2S2/c1-3-7-11(8-4-1)12-9-5-2-6-10-12;6-2-4-1-5-3-7/h1-10H;1H2. The largest absolute Gasteiger partial charge is 0.208 e. The van der Waals surface area contributed by atoms with Gasteiger partial charge in [-0.05, 0) is 35.6 Å². The van der Waals surface area contributed by atoms with Gasteiger partial charge in [0.05, 0.1) is 10.3 Å². The van der Waals surface area contributed by atoms with Crippen molar-refractivity contribution in [2.75, 3.05) is 6.67 Å². The van der Waals surface area contributed by atoms with Gasteiger partial charge in [0.25, 0.3) is 0 Å². The Morgan fingerprint density at radius 2 is 1.05 bits per heavy atom. The van der Waals surface area contributed by atoms with E-state index in [1.807, 2.05) is 12.1 Å². The minimum Gasteiger partial charge on any atom is -0.208 e. The smallest absolute Gasteiger partial charge is 0.149 e. The van der Waals surface area contributed by atoms with Crippen LogP contribution in [0.5, 0.6) is 0 Å². The molecule has 2 rings (SSSR count). The Bertz CT molecular complexity index is 516. The van der Waals surface area contributed by atoms with Crippen LogP contribution in [0.3, 0.4) is 0 Å². The van der Waals surface area contributed by atoms with Gasteiger partial charge in [0.15, 0.2) is 0 Å². The molecule has 0 aliphatic carbocycles. The van der Waals surface area contributed by atoms with E-state index < -0.39 is 0 Å². The molecule has 2 aromatic rings. The van der Waals surface area contributed by atoms with Crippen molar-refractivity contribution in [3.63, 3.8) is 0 Å². The number of hydrogen-bond acceptors (Lipinski definition) is 4. The molecule has 0 atom stereocenters. The van der Waals surface area contributed by atoms with Gasteiger partial charge in [-0.15, -0.1) is 0 Å². The Balaban J connectivity index is 0.000000224. The molecule has 2 aromatic carbocycles. The van der Waals surface area contributed by atoms with E-state index in [-0.39, 0.29) is 6.67 Å². The Labute approximate surface area is 123 Å². The summed E-state index contributed by atoms with van der Waals surface area (Å²) < 4.78 is 0. The molecule has 0 saturated heterocycles. The molecule has 0 spiro atoms. The van der Waals surface area contributed by atoms with Crippen LogP contribution in [0.4, 0.5) is 0 Å². The van der Waals surface area contributed by atoms with Gasteiger partial charge in [0.1, 0.15) is 6.67 Å². The Morgan fingerprint density at radius 1 is 0.684 bits per heavy atom. The summed E-state index contributed by atoms with van der Waals surface area (Å²) in [5.41, 5.74) is 2.55. The van der Waals surface area contributed by atoms with E-state index in [4.69, 9.17) is 0 Å². The average molecular weight is 284 g/mol. The second-order valence-corrected chi connectivity index (χ2v) is 3.74. The third-order valence-electron chi connectivity index (χ3n) is 2.15. The van der Waals surface area contributed by atoms with Crippen LogP contribution in [-0.4, -0.2) is 17.0 Å². The first-order valence-electron chi connectivity index (χ1n) is 5.56. The van der Waals surface area contributed by atoms with Gasteiger partial charge in [-0.3, -0.25) is 0 Å². The van der Waals surface area contributed by atoms with Gasteiger partial charge in [0.2, 0.25) is 0 Å². The molecule has 4 heteroatoms. The van der Waals surface area contributed by atoms with Crippen LogP contribution in [0.15, 0.2) is 70.6 Å². The summed E-state index contributed by atoms with van der Waals surface area (Å²) in [4.78, 5) is 6.86. The molecule has 0 heterocycles. The lowest BCUT2D eigenvalue weighted by Crippen LogP contribution is -1.73. The van der Waals surface area contributed by atoms with Crippen molar-refractivity contribution in [1.82, 2.24) is 0 Å². The molecule has 94 valence electrons. The Morgan fingerprint density at radius 3 is 1.37 bits per heavy atom. The zero-order valence-electron chi connectivity index (χ0n) is 10.2. The van der Waals surface area contributed by atoms with Crippen LogP contribution < -0.4 is 0 Å². The maximum absolute atomic E-state index is 4.23. The average Bonchev–Trinajstić information content (AvgIpc) is 2.50. The van der Waals surface area contributed by atoms with E-state index in [0.29, 0.717) is 0 Å². The number of aliphatic imine (C=N–C) groups is 2. The second-order valence-electron chi connectivity index (χ2n) is 3.37. The molecule has 0 unspecified atom stereocenters. The molecule has 0 aliphatic heterocycles. The van der Waals surface area contributed by atoms with Crippen molar-refractivity contribution in [3.8, 4) is 11.1 Å². The molecule has 2 nitrogen and oxygen atoms in total. The first kappa shape index (κ1) is 15.1. The summed E-state index contributed by atoms with van der Waals surface area (Å²) >= 11 is 8.45. The number of rotatable bonds is 3. The van der Waals surface area contributed by atoms with Gasteiger partial charge in [-0.1, -0.05) is 60.7 Å². The van der Waals surface area contributed by atoms with Gasteiger partial charge >= 0.3 is 0 Å². The fourth-order valence-corrected chi connectivity index (χ4v) is 1.47. The van der Waals surface area contributed by atoms with Crippen molar-refractivity contribution in [3.05, 3.63) is 60.7 Å². The number of isothiocyanates is 2. The van der Waals surface area contributed by atoms with Crippen molar-refractivity contribution in [2.45, 2.75) is 0 Å². The summed E-state index contributed by atoms with van der Waals surface area (Å²) in [6.45, 7) is 0.257. The maximum Gasteiger partial charge on any atom is 0.149 e. The second kappa shape index (κ2) is 10.0. The molecular formula is C15H12N2S2. The van der Waals surface area contributed by atoms with Crippen molar-refractivity contribution < 1.29 is 0 Å². The SMILES string of the molecule is S=C=NCN=C=S.c1ccc(-c2ccccc2)cc1. The molecule has 0 bridgehead atoms. The predicted octanol–water partition coefficient (Wildman–Crippen LogP) is 4.50. The molecule has 0 fully saturated rings. The number of hydrogen-bond donors (Lipinski definition) is 0. The quantitative estimate of drug-likeness (QED) is 0.612. The van der Waals surface area contributed by atoms with E-state index in [1.54, 1.807) is 0 Å². The highest BCUT2D eigenvalue weighted by molar-refractivity contribution is 7.78. The zero-order chi connectivity index (χ0) is 13.8. The molecule has 0 aliphatic rings. The fourth-order valence-electron chi connectivity index (χ4n) is 1.35. The molecule has 0 saturated carbocycles. The van der Waals surface area contributed by atoms with E-state index in [0.717, 1.165) is 0 Å². The van der Waals surface area contributed by atoms with Crippen LogP contribution in [0.25, 0.3) is 11.1 Å².